The van der Waals surface area contributed by atoms with Crippen molar-refractivity contribution in [1.82, 2.24) is 9.46 Å². The van der Waals surface area contributed by atoms with Crippen LogP contribution in [0.1, 0.15) is 41.0 Å². The van der Waals surface area contributed by atoms with E-state index in [4.69, 9.17) is 4.52 Å². The standard InChI is InChI=1S/C26H27F2N3O4S/c1-16-4-8-22(14-17(16)2)29-26(32)20-10-12-31(13-11-20)36(33,34)25-18(3)30-35-24(25)9-6-19-5-7-21(27)15-23(19)28/h4-9,14-15,20H,10-13H2,1-3H3,(H,29,32)/b9-6+. The van der Waals surface area contributed by atoms with Crippen LogP contribution >= 0.6 is 0 Å². The van der Waals surface area contributed by atoms with Crippen LogP contribution in [-0.2, 0) is 14.8 Å². The van der Waals surface area contributed by atoms with Crippen molar-refractivity contribution in [2.24, 2.45) is 5.92 Å². The molecule has 1 aliphatic heterocycles. The molecule has 0 spiro atoms. The Bertz CT molecular complexity index is 1420. The molecule has 1 aromatic heterocycles. The van der Waals surface area contributed by atoms with E-state index >= 15 is 0 Å². The van der Waals surface area contributed by atoms with E-state index in [9.17, 15) is 22.0 Å². The summed E-state index contributed by atoms with van der Waals surface area (Å²) < 4.78 is 60.5. The summed E-state index contributed by atoms with van der Waals surface area (Å²) in [5, 5.41) is 6.70. The summed E-state index contributed by atoms with van der Waals surface area (Å²) >= 11 is 0. The summed E-state index contributed by atoms with van der Waals surface area (Å²) in [5.74, 6) is -2.00. The molecule has 0 bridgehead atoms. The zero-order valence-electron chi connectivity index (χ0n) is 20.2. The number of hydrogen-bond donors (Lipinski definition) is 1. The zero-order valence-corrected chi connectivity index (χ0v) is 21.0. The van der Waals surface area contributed by atoms with E-state index in [1.165, 1.54) is 29.4 Å². The SMILES string of the molecule is Cc1ccc(NC(=O)C2CCN(S(=O)(=O)c3c(C)noc3/C=C/c3ccc(F)cc3F)CC2)cc1C. The highest BCUT2D eigenvalue weighted by molar-refractivity contribution is 7.89. The second-order valence-electron chi connectivity index (χ2n) is 8.93. The molecule has 2 heterocycles. The molecule has 0 radical (unpaired) electrons. The highest BCUT2D eigenvalue weighted by atomic mass is 32.2. The number of piperidine rings is 1. The van der Waals surface area contributed by atoms with Crippen molar-refractivity contribution in [1.29, 1.82) is 0 Å². The summed E-state index contributed by atoms with van der Waals surface area (Å²) in [7, 11) is -3.98. The fraction of sp³-hybridized carbons (Fsp3) is 0.308. The Hall–Kier alpha value is -3.37. The van der Waals surface area contributed by atoms with E-state index in [2.05, 4.69) is 10.5 Å². The van der Waals surface area contributed by atoms with Gasteiger partial charge in [0.25, 0.3) is 0 Å². The number of nitrogens with zero attached hydrogens (tertiary/aromatic N) is 2. The molecule has 36 heavy (non-hydrogen) atoms. The molecule has 1 aliphatic rings. The Morgan fingerprint density at radius 2 is 1.78 bits per heavy atom. The summed E-state index contributed by atoms with van der Waals surface area (Å²) in [6.45, 7) is 5.80. The first kappa shape index (κ1) is 25.7. The van der Waals surface area contributed by atoms with Gasteiger partial charge in [0, 0.05) is 36.3 Å². The molecule has 4 rings (SSSR count). The van der Waals surface area contributed by atoms with E-state index < -0.39 is 21.7 Å². The smallest absolute Gasteiger partial charge is 0.248 e. The van der Waals surface area contributed by atoms with Crippen LogP contribution in [-0.4, -0.2) is 36.9 Å². The van der Waals surface area contributed by atoms with Gasteiger partial charge in [0.1, 0.15) is 17.3 Å². The van der Waals surface area contributed by atoms with Crippen molar-refractivity contribution < 1.29 is 26.5 Å². The number of halogens is 2. The van der Waals surface area contributed by atoms with Crippen LogP contribution in [0.2, 0.25) is 0 Å². The maximum atomic E-state index is 14.0. The molecule has 10 heteroatoms. The normalized spacial score (nSPS) is 15.5. The van der Waals surface area contributed by atoms with E-state index in [0.29, 0.717) is 18.5 Å². The van der Waals surface area contributed by atoms with Gasteiger partial charge in [0.15, 0.2) is 10.7 Å². The van der Waals surface area contributed by atoms with Crippen LogP contribution in [0.5, 0.6) is 0 Å². The second kappa shape index (κ2) is 10.3. The van der Waals surface area contributed by atoms with Crippen LogP contribution in [0, 0.1) is 38.3 Å². The van der Waals surface area contributed by atoms with Crippen LogP contribution in [0.4, 0.5) is 14.5 Å². The third kappa shape index (κ3) is 5.39. The van der Waals surface area contributed by atoms with Crippen molar-refractivity contribution in [3.05, 3.63) is 76.2 Å². The number of benzene rings is 2. The van der Waals surface area contributed by atoms with Gasteiger partial charge in [-0.3, -0.25) is 4.79 Å². The van der Waals surface area contributed by atoms with Crippen LogP contribution in [0.3, 0.4) is 0 Å². The largest absolute Gasteiger partial charge is 0.355 e. The fourth-order valence-electron chi connectivity index (χ4n) is 4.15. The van der Waals surface area contributed by atoms with Gasteiger partial charge in [-0.1, -0.05) is 11.2 Å². The van der Waals surface area contributed by atoms with Crippen LogP contribution in [0.25, 0.3) is 12.2 Å². The van der Waals surface area contributed by atoms with Gasteiger partial charge in [-0.25, -0.2) is 17.2 Å². The summed E-state index contributed by atoms with van der Waals surface area (Å²) in [6.07, 6.45) is 3.34. The number of aromatic nitrogens is 1. The summed E-state index contributed by atoms with van der Waals surface area (Å²) in [5.41, 5.74) is 3.16. The maximum Gasteiger partial charge on any atom is 0.248 e. The minimum Gasteiger partial charge on any atom is -0.355 e. The minimum absolute atomic E-state index is 0.0502. The Balaban J connectivity index is 1.46. The molecular weight excluding hydrogens is 488 g/mol. The molecule has 0 unspecified atom stereocenters. The van der Waals surface area contributed by atoms with Gasteiger partial charge in [0.2, 0.25) is 15.9 Å². The highest BCUT2D eigenvalue weighted by Gasteiger charge is 2.36. The molecule has 190 valence electrons. The number of sulfonamides is 1. The van der Waals surface area contributed by atoms with Crippen molar-refractivity contribution in [2.75, 3.05) is 18.4 Å². The Morgan fingerprint density at radius 3 is 2.44 bits per heavy atom. The molecule has 1 amide bonds. The highest BCUT2D eigenvalue weighted by Crippen LogP contribution is 2.30. The molecule has 0 atom stereocenters. The number of rotatable bonds is 6. The van der Waals surface area contributed by atoms with Crippen molar-refractivity contribution >= 4 is 33.8 Å². The number of carbonyl (C=O) groups excluding carboxylic acids is 1. The Kier molecular flexibility index (Phi) is 7.37. The lowest BCUT2D eigenvalue weighted by molar-refractivity contribution is -0.120. The third-order valence-electron chi connectivity index (χ3n) is 6.41. The molecule has 7 nitrogen and oxygen atoms in total. The van der Waals surface area contributed by atoms with E-state index in [-0.39, 0.29) is 46.8 Å². The molecule has 1 saturated heterocycles. The lowest BCUT2D eigenvalue weighted by Crippen LogP contribution is -2.41. The van der Waals surface area contributed by atoms with Crippen LogP contribution in [0.15, 0.2) is 45.8 Å². The molecule has 0 aliphatic carbocycles. The quantitative estimate of drug-likeness (QED) is 0.494. The first-order valence-corrected chi connectivity index (χ1v) is 13.0. The van der Waals surface area contributed by atoms with Gasteiger partial charge in [-0.05, 0) is 81.2 Å². The number of nitrogens with one attached hydrogen (secondary N) is 1. The summed E-state index contributed by atoms with van der Waals surface area (Å²) in [4.78, 5) is 12.6. The molecular formula is C26H27F2N3O4S. The molecule has 3 aromatic rings. The number of carbonyl (C=O) groups is 1. The van der Waals surface area contributed by atoms with E-state index in [0.717, 1.165) is 23.3 Å². The Labute approximate surface area is 208 Å². The first-order chi connectivity index (χ1) is 17.1. The average Bonchev–Trinajstić information content (AvgIpc) is 3.22. The van der Waals surface area contributed by atoms with E-state index in [1.807, 2.05) is 32.0 Å². The van der Waals surface area contributed by atoms with Gasteiger partial charge in [-0.15, -0.1) is 0 Å². The van der Waals surface area contributed by atoms with Gasteiger partial charge < -0.3 is 9.84 Å². The van der Waals surface area contributed by atoms with Gasteiger partial charge >= 0.3 is 0 Å². The van der Waals surface area contributed by atoms with Crippen molar-refractivity contribution in [2.45, 2.75) is 38.5 Å². The molecule has 2 aromatic carbocycles. The van der Waals surface area contributed by atoms with Gasteiger partial charge in [0.05, 0.1) is 0 Å². The lowest BCUT2D eigenvalue weighted by atomic mass is 9.97. The number of anilines is 1. The predicted molar refractivity (Wildman–Crippen MR) is 133 cm³/mol. The van der Waals surface area contributed by atoms with Crippen molar-refractivity contribution in [3.63, 3.8) is 0 Å². The predicted octanol–water partition coefficient (Wildman–Crippen LogP) is 5.09. The average molecular weight is 516 g/mol. The lowest BCUT2D eigenvalue weighted by Gasteiger charge is -2.30. The van der Waals surface area contributed by atoms with Gasteiger partial charge in [-0.2, -0.15) is 4.31 Å². The minimum atomic E-state index is -3.98. The summed E-state index contributed by atoms with van der Waals surface area (Å²) in [6, 6.07) is 8.79. The Morgan fingerprint density at radius 1 is 1.06 bits per heavy atom. The molecule has 0 saturated carbocycles. The molecule has 1 fully saturated rings. The maximum absolute atomic E-state index is 14.0. The number of aryl methyl sites for hydroxylation is 3. The van der Waals surface area contributed by atoms with Crippen LogP contribution < -0.4 is 5.32 Å². The monoisotopic (exact) mass is 515 g/mol. The second-order valence-corrected chi connectivity index (χ2v) is 10.8. The molecule has 1 N–H and O–H groups in total. The number of hydrogen-bond acceptors (Lipinski definition) is 5. The fourth-order valence-corrected chi connectivity index (χ4v) is 5.87. The first-order valence-electron chi connectivity index (χ1n) is 11.5. The zero-order chi connectivity index (χ0) is 26.0. The topological polar surface area (TPSA) is 92.5 Å². The van der Waals surface area contributed by atoms with E-state index in [1.54, 1.807) is 0 Å². The van der Waals surface area contributed by atoms with Crippen molar-refractivity contribution in [3.8, 4) is 0 Å². The number of amides is 1. The third-order valence-corrected chi connectivity index (χ3v) is 8.46.